The maximum absolute atomic E-state index is 11.0. The third-order valence-electron chi connectivity index (χ3n) is 2.01. The van der Waals surface area contributed by atoms with Crippen molar-refractivity contribution >= 4 is 29.2 Å². The summed E-state index contributed by atoms with van der Waals surface area (Å²) in [5.74, 6) is -0.787. The van der Waals surface area contributed by atoms with E-state index in [-0.39, 0.29) is 10.7 Å². The van der Waals surface area contributed by atoms with Crippen molar-refractivity contribution in [1.82, 2.24) is 9.55 Å². The van der Waals surface area contributed by atoms with Gasteiger partial charge in [-0.25, -0.2) is 9.78 Å². The predicted molar refractivity (Wildman–Crippen MR) is 60.5 cm³/mol. The van der Waals surface area contributed by atoms with Crippen molar-refractivity contribution in [2.75, 3.05) is 0 Å². The van der Waals surface area contributed by atoms with Gasteiger partial charge in [-0.15, -0.1) is 0 Å². The van der Waals surface area contributed by atoms with Crippen molar-refractivity contribution in [3.63, 3.8) is 0 Å². The lowest BCUT2D eigenvalue weighted by Crippen LogP contribution is -2.08. The summed E-state index contributed by atoms with van der Waals surface area (Å²) in [6, 6.07) is 4.77. The molecule has 0 saturated carbocycles. The second-order valence-corrected chi connectivity index (χ2v) is 3.81. The minimum atomic E-state index is -1.13. The van der Waals surface area contributed by atoms with Gasteiger partial charge in [0.05, 0.1) is 10.0 Å². The van der Waals surface area contributed by atoms with E-state index in [9.17, 15) is 4.79 Å². The van der Waals surface area contributed by atoms with Gasteiger partial charge in [0.15, 0.2) is 11.5 Å². The summed E-state index contributed by atoms with van der Waals surface area (Å²) in [4.78, 5) is 15.0. The molecular weight excluding hydrogens is 251 g/mol. The largest absolute Gasteiger partial charge is 0.477 e. The van der Waals surface area contributed by atoms with E-state index < -0.39 is 5.97 Å². The van der Waals surface area contributed by atoms with Gasteiger partial charge in [-0.3, -0.25) is 4.57 Å². The smallest absolute Gasteiger partial charge is 0.354 e. The van der Waals surface area contributed by atoms with E-state index in [1.54, 1.807) is 12.1 Å². The van der Waals surface area contributed by atoms with Crippen LogP contribution in [0.15, 0.2) is 30.6 Å². The summed E-state index contributed by atoms with van der Waals surface area (Å²) in [5, 5.41) is 9.52. The number of aromatic carboxylic acids is 1. The minimum absolute atomic E-state index is 0.0535. The van der Waals surface area contributed by atoms with Gasteiger partial charge in [0.1, 0.15) is 0 Å². The molecule has 0 aliphatic rings. The molecule has 6 heteroatoms. The van der Waals surface area contributed by atoms with Crippen molar-refractivity contribution in [2.45, 2.75) is 0 Å². The summed E-state index contributed by atoms with van der Waals surface area (Å²) in [6.07, 6.45) is 3.04. The van der Waals surface area contributed by atoms with Crippen LogP contribution in [0.3, 0.4) is 0 Å². The summed E-state index contributed by atoms with van der Waals surface area (Å²) >= 11 is 11.7. The number of hydrogen-bond acceptors (Lipinski definition) is 2. The van der Waals surface area contributed by atoms with Gasteiger partial charge < -0.3 is 5.11 Å². The highest BCUT2D eigenvalue weighted by Crippen LogP contribution is 2.24. The maximum Gasteiger partial charge on any atom is 0.354 e. The van der Waals surface area contributed by atoms with Crippen LogP contribution in [0.1, 0.15) is 10.5 Å². The highest BCUT2D eigenvalue weighted by molar-refractivity contribution is 6.34. The first kappa shape index (κ1) is 11.0. The molecule has 0 aromatic carbocycles. The number of rotatable bonds is 2. The van der Waals surface area contributed by atoms with Gasteiger partial charge in [-0.05, 0) is 18.2 Å². The Labute approximate surface area is 101 Å². The molecule has 0 bridgehead atoms. The fourth-order valence-electron chi connectivity index (χ4n) is 1.34. The van der Waals surface area contributed by atoms with E-state index in [0.717, 1.165) is 0 Å². The van der Waals surface area contributed by atoms with E-state index >= 15 is 0 Å². The average Bonchev–Trinajstić information content (AvgIpc) is 2.61. The highest BCUT2D eigenvalue weighted by atomic mass is 35.5. The molecule has 2 heterocycles. The van der Waals surface area contributed by atoms with Crippen LogP contribution in [-0.4, -0.2) is 20.6 Å². The number of hydrogen-bond donors (Lipinski definition) is 1. The molecule has 0 atom stereocenters. The fraction of sp³-hybridized carbons (Fsp3) is 0. The van der Waals surface area contributed by atoms with Gasteiger partial charge in [0.25, 0.3) is 0 Å². The Balaban J connectivity index is 2.66. The van der Waals surface area contributed by atoms with Gasteiger partial charge >= 0.3 is 5.97 Å². The molecule has 0 radical (unpaired) electrons. The Morgan fingerprint density at radius 3 is 2.69 bits per heavy atom. The minimum Gasteiger partial charge on any atom is -0.477 e. The maximum atomic E-state index is 11.0. The van der Waals surface area contributed by atoms with E-state index in [1.807, 2.05) is 0 Å². The zero-order chi connectivity index (χ0) is 11.7. The van der Waals surface area contributed by atoms with Gasteiger partial charge in [-0.2, -0.15) is 0 Å². The molecule has 4 nitrogen and oxygen atoms in total. The molecule has 0 spiro atoms. The zero-order valence-electron chi connectivity index (χ0n) is 7.89. The fourth-order valence-corrected chi connectivity index (χ4v) is 1.79. The number of carbonyl (C=O) groups is 1. The van der Waals surface area contributed by atoms with Crippen LogP contribution < -0.4 is 0 Å². The lowest BCUT2D eigenvalue weighted by Gasteiger charge is -2.06. The number of pyridine rings is 1. The molecule has 0 aliphatic carbocycles. The molecule has 82 valence electrons. The summed E-state index contributed by atoms with van der Waals surface area (Å²) in [7, 11) is 0. The Bertz CT molecular complexity index is 552. The molecule has 0 saturated heterocycles. The third kappa shape index (κ3) is 1.77. The number of halogens is 2. The summed E-state index contributed by atoms with van der Waals surface area (Å²) < 4.78 is 1.34. The molecule has 0 aliphatic heterocycles. The second-order valence-electron chi connectivity index (χ2n) is 3.00. The molecular formula is C10H6Cl2N2O2. The Morgan fingerprint density at radius 1 is 1.31 bits per heavy atom. The second kappa shape index (κ2) is 4.15. The van der Waals surface area contributed by atoms with Crippen molar-refractivity contribution in [1.29, 1.82) is 0 Å². The normalized spacial score (nSPS) is 10.4. The van der Waals surface area contributed by atoms with Crippen molar-refractivity contribution in [2.24, 2.45) is 0 Å². The molecule has 0 amide bonds. The van der Waals surface area contributed by atoms with E-state index in [4.69, 9.17) is 28.3 Å². The molecule has 16 heavy (non-hydrogen) atoms. The highest BCUT2D eigenvalue weighted by Gasteiger charge is 2.17. The van der Waals surface area contributed by atoms with E-state index in [2.05, 4.69) is 4.98 Å². The summed E-state index contributed by atoms with van der Waals surface area (Å²) in [6.45, 7) is 0. The number of carboxylic acids is 1. The van der Waals surface area contributed by atoms with Crippen LogP contribution in [0.4, 0.5) is 0 Å². The number of aromatic nitrogens is 2. The van der Waals surface area contributed by atoms with Gasteiger partial charge in [-0.1, -0.05) is 23.2 Å². The Kier molecular flexibility index (Phi) is 2.85. The quantitative estimate of drug-likeness (QED) is 0.899. The van der Waals surface area contributed by atoms with Crippen LogP contribution in [0.5, 0.6) is 0 Å². The van der Waals surface area contributed by atoms with Crippen molar-refractivity contribution in [3.05, 3.63) is 46.3 Å². The first-order valence-electron chi connectivity index (χ1n) is 4.32. The Morgan fingerprint density at radius 2 is 2.06 bits per heavy atom. The lowest BCUT2D eigenvalue weighted by atomic mass is 10.4. The third-order valence-corrected chi connectivity index (χ3v) is 2.61. The Hall–Kier alpha value is -1.52. The van der Waals surface area contributed by atoms with Crippen molar-refractivity contribution < 1.29 is 9.90 Å². The van der Waals surface area contributed by atoms with Crippen LogP contribution in [-0.2, 0) is 0 Å². The van der Waals surface area contributed by atoms with Gasteiger partial charge in [0, 0.05) is 12.4 Å². The van der Waals surface area contributed by atoms with E-state index in [0.29, 0.717) is 10.8 Å². The molecule has 2 aromatic rings. The summed E-state index contributed by atoms with van der Waals surface area (Å²) in [5.41, 5.74) is -0.0535. The first-order valence-corrected chi connectivity index (χ1v) is 5.08. The van der Waals surface area contributed by atoms with Gasteiger partial charge in [0.2, 0.25) is 0 Å². The number of nitrogens with zero attached hydrogens (tertiary/aromatic N) is 2. The molecule has 0 fully saturated rings. The number of carboxylic acid groups (broad SMARTS) is 1. The SMILES string of the molecule is O=C(O)c1c(Cl)ccn1-c1ncccc1Cl. The van der Waals surface area contributed by atoms with Crippen LogP contribution in [0, 0.1) is 0 Å². The lowest BCUT2D eigenvalue weighted by molar-refractivity contribution is 0.0688. The van der Waals surface area contributed by atoms with E-state index in [1.165, 1.54) is 23.0 Å². The zero-order valence-corrected chi connectivity index (χ0v) is 9.40. The average molecular weight is 257 g/mol. The standard InChI is InChI=1S/C10H6Cl2N2O2/c11-6-3-5-14(8(6)10(15)16)9-7(12)2-1-4-13-9/h1-5H,(H,15,16). The monoisotopic (exact) mass is 256 g/mol. The first-order chi connectivity index (χ1) is 7.61. The van der Waals surface area contributed by atoms with Crippen LogP contribution in [0.2, 0.25) is 10.0 Å². The topological polar surface area (TPSA) is 55.1 Å². The molecule has 2 aromatic heterocycles. The molecule has 1 N–H and O–H groups in total. The predicted octanol–water partition coefficient (Wildman–Crippen LogP) is 2.88. The van der Waals surface area contributed by atoms with Crippen molar-refractivity contribution in [3.8, 4) is 5.82 Å². The van der Waals surface area contributed by atoms with Crippen LogP contribution >= 0.6 is 23.2 Å². The molecule has 2 rings (SSSR count). The van der Waals surface area contributed by atoms with Crippen LogP contribution in [0.25, 0.3) is 5.82 Å². The molecule has 0 unspecified atom stereocenters.